The number of fused-ring (bicyclic) bond motifs is 1. The molecule has 10 nitrogen and oxygen atoms in total. The zero-order valence-corrected chi connectivity index (χ0v) is 17.6. The van der Waals surface area contributed by atoms with Gasteiger partial charge < -0.3 is 10.0 Å². The maximum absolute atomic E-state index is 11.0. The third-order valence-corrected chi connectivity index (χ3v) is 5.82. The van der Waals surface area contributed by atoms with E-state index in [2.05, 4.69) is 42.1 Å². The van der Waals surface area contributed by atoms with Gasteiger partial charge in [0.25, 0.3) is 0 Å². The summed E-state index contributed by atoms with van der Waals surface area (Å²) in [6.07, 6.45) is 9.20. The number of nitrogens with zero attached hydrogens (tertiary/aromatic N) is 8. The number of benzene rings is 1. The van der Waals surface area contributed by atoms with Crippen molar-refractivity contribution in [3.05, 3.63) is 54.1 Å². The van der Waals surface area contributed by atoms with Gasteiger partial charge in [-0.1, -0.05) is 12.1 Å². The lowest BCUT2D eigenvalue weighted by atomic mass is 10.0. The Labute approximate surface area is 184 Å². The van der Waals surface area contributed by atoms with Gasteiger partial charge in [0, 0.05) is 43.4 Å². The van der Waals surface area contributed by atoms with E-state index in [1.807, 2.05) is 35.3 Å². The molecule has 4 heterocycles. The standard InChI is InChI=1S/C22H22N8O2/c1-2-14-10-25-22(26-11-14)29-7-5-17(6-8-29)30-19-4-3-15(9-18(19)27-28-30)20-23-12-16(13-24-20)21(31)32/h3-4,9-13,17H,2,5-8H2,1H3,(H,31,32). The summed E-state index contributed by atoms with van der Waals surface area (Å²) in [6, 6.07) is 6.02. The Morgan fingerprint density at radius 3 is 2.44 bits per heavy atom. The van der Waals surface area contributed by atoms with Crippen molar-refractivity contribution < 1.29 is 9.90 Å². The molecule has 1 aliphatic heterocycles. The van der Waals surface area contributed by atoms with Crippen LogP contribution < -0.4 is 4.90 Å². The molecule has 1 fully saturated rings. The Morgan fingerprint density at radius 2 is 1.78 bits per heavy atom. The number of rotatable bonds is 5. The third kappa shape index (κ3) is 3.75. The molecule has 0 spiro atoms. The number of hydrogen-bond donors (Lipinski definition) is 1. The van der Waals surface area contributed by atoms with Gasteiger partial charge in [0.05, 0.1) is 17.1 Å². The number of carboxylic acids is 1. The summed E-state index contributed by atoms with van der Waals surface area (Å²) in [5, 5.41) is 17.8. The van der Waals surface area contributed by atoms with Gasteiger partial charge in [-0.15, -0.1) is 5.10 Å². The molecule has 1 aromatic carbocycles. The molecule has 10 heteroatoms. The molecule has 32 heavy (non-hydrogen) atoms. The van der Waals surface area contributed by atoms with Gasteiger partial charge in [-0.2, -0.15) is 0 Å². The molecule has 5 rings (SSSR count). The molecule has 162 valence electrons. The number of carboxylic acid groups (broad SMARTS) is 1. The van der Waals surface area contributed by atoms with Crippen LogP contribution in [0.15, 0.2) is 43.0 Å². The Morgan fingerprint density at radius 1 is 1.06 bits per heavy atom. The number of carbonyl (C=O) groups is 1. The fourth-order valence-electron chi connectivity index (χ4n) is 3.94. The highest BCUT2D eigenvalue weighted by atomic mass is 16.4. The fourth-order valence-corrected chi connectivity index (χ4v) is 3.94. The first kappa shape index (κ1) is 20.0. The summed E-state index contributed by atoms with van der Waals surface area (Å²) in [4.78, 5) is 30.5. The molecule has 0 atom stereocenters. The lowest BCUT2D eigenvalue weighted by molar-refractivity contribution is 0.0696. The second kappa shape index (κ2) is 8.29. The minimum absolute atomic E-state index is 0.0545. The zero-order chi connectivity index (χ0) is 22.1. The lowest BCUT2D eigenvalue weighted by Gasteiger charge is -2.32. The van der Waals surface area contributed by atoms with E-state index in [9.17, 15) is 4.79 Å². The number of aryl methyl sites for hydroxylation is 1. The van der Waals surface area contributed by atoms with Crippen LogP contribution in [0.3, 0.4) is 0 Å². The van der Waals surface area contributed by atoms with Crippen LogP contribution in [-0.4, -0.2) is 59.1 Å². The monoisotopic (exact) mass is 430 g/mol. The summed E-state index contributed by atoms with van der Waals surface area (Å²) >= 11 is 0. The maximum Gasteiger partial charge on any atom is 0.338 e. The molecule has 1 saturated heterocycles. The second-order valence-electron chi connectivity index (χ2n) is 7.80. The lowest BCUT2D eigenvalue weighted by Crippen LogP contribution is -2.36. The summed E-state index contributed by atoms with van der Waals surface area (Å²) < 4.78 is 1.99. The van der Waals surface area contributed by atoms with Gasteiger partial charge >= 0.3 is 5.97 Å². The normalized spacial score (nSPS) is 14.7. The van der Waals surface area contributed by atoms with Gasteiger partial charge in [0.15, 0.2) is 5.82 Å². The van der Waals surface area contributed by atoms with Crippen molar-refractivity contribution in [2.24, 2.45) is 0 Å². The van der Waals surface area contributed by atoms with Gasteiger partial charge in [-0.05, 0) is 43.0 Å². The molecule has 0 radical (unpaired) electrons. The highest BCUT2D eigenvalue weighted by Crippen LogP contribution is 2.28. The van der Waals surface area contributed by atoms with Crippen molar-refractivity contribution in [2.45, 2.75) is 32.2 Å². The summed E-state index contributed by atoms with van der Waals surface area (Å²) in [7, 11) is 0. The number of aromatic nitrogens is 7. The van der Waals surface area contributed by atoms with Crippen molar-refractivity contribution in [1.29, 1.82) is 0 Å². The maximum atomic E-state index is 11.0. The molecule has 0 aliphatic carbocycles. The molecule has 0 bridgehead atoms. The first-order valence-corrected chi connectivity index (χ1v) is 10.6. The van der Waals surface area contributed by atoms with Gasteiger partial charge in [0.1, 0.15) is 5.52 Å². The van der Waals surface area contributed by atoms with Crippen LogP contribution in [0, 0.1) is 0 Å². The number of hydrogen-bond acceptors (Lipinski definition) is 8. The Balaban J connectivity index is 1.31. The van der Waals surface area contributed by atoms with Gasteiger partial charge in [-0.3, -0.25) is 0 Å². The molecule has 0 unspecified atom stereocenters. The van der Waals surface area contributed by atoms with Gasteiger partial charge in [0.2, 0.25) is 5.95 Å². The predicted octanol–water partition coefficient (Wildman–Crippen LogP) is 2.78. The average molecular weight is 430 g/mol. The second-order valence-corrected chi connectivity index (χ2v) is 7.80. The highest BCUT2D eigenvalue weighted by Gasteiger charge is 2.24. The van der Waals surface area contributed by atoms with Gasteiger partial charge in [-0.25, -0.2) is 29.4 Å². The summed E-state index contributed by atoms with van der Waals surface area (Å²) in [5.74, 6) is 0.182. The Hall–Kier alpha value is -3.95. The Bertz CT molecular complexity index is 1250. The molecule has 3 aromatic heterocycles. The zero-order valence-electron chi connectivity index (χ0n) is 17.6. The molecular weight excluding hydrogens is 408 g/mol. The topological polar surface area (TPSA) is 123 Å². The van der Waals surface area contributed by atoms with Crippen molar-refractivity contribution in [2.75, 3.05) is 18.0 Å². The number of piperidine rings is 1. The van der Waals surface area contributed by atoms with E-state index in [0.29, 0.717) is 5.82 Å². The van der Waals surface area contributed by atoms with Crippen LogP contribution in [0.4, 0.5) is 5.95 Å². The van der Waals surface area contributed by atoms with Crippen LogP contribution in [0.5, 0.6) is 0 Å². The van der Waals surface area contributed by atoms with Crippen LogP contribution in [0.2, 0.25) is 0 Å². The van der Waals surface area contributed by atoms with E-state index < -0.39 is 5.97 Å². The fraction of sp³-hybridized carbons (Fsp3) is 0.318. The molecular formula is C22H22N8O2. The summed E-state index contributed by atoms with van der Waals surface area (Å²) in [6.45, 7) is 3.82. The van der Waals surface area contributed by atoms with Crippen molar-refractivity contribution in [3.63, 3.8) is 0 Å². The van der Waals surface area contributed by atoms with Crippen LogP contribution in [0.25, 0.3) is 22.4 Å². The third-order valence-electron chi connectivity index (χ3n) is 5.82. The number of aromatic carboxylic acids is 1. The predicted molar refractivity (Wildman–Crippen MR) is 117 cm³/mol. The average Bonchev–Trinajstić information content (AvgIpc) is 3.27. The molecule has 4 aromatic rings. The molecule has 1 aliphatic rings. The molecule has 0 amide bonds. The molecule has 1 N–H and O–H groups in total. The van der Waals surface area contributed by atoms with Crippen molar-refractivity contribution in [3.8, 4) is 11.4 Å². The first-order valence-electron chi connectivity index (χ1n) is 10.6. The van der Waals surface area contributed by atoms with Crippen LogP contribution >= 0.6 is 0 Å². The largest absolute Gasteiger partial charge is 0.478 e. The van der Waals surface area contributed by atoms with Crippen LogP contribution in [-0.2, 0) is 6.42 Å². The summed E-state index contributed by atoms with van der Waals surface area (Å²) in [5.41, 5.74) is 3.68. The van der Waals surface area contributed by atoms with Crippen LogP contribution in [0.1, 0.15) is 41.7 Å². The smallest absolute Gasteiger partial charge is 0.338 e. The van der Waals surface area contributed by atoms with E-state index in [0.717, 1.165) is 60.5 Å². The van der Waals surface area contributed by atoms with Crippen molar-refractivity contribution in [1.82, 2.24) is 34.9 Å². The Kier molecular flexibility index (Phi) is 5.18. The van der Waals surface area contributed by atoms with E-state index in [1.165, 1.54) is 12.4 Å². The first-order chi connectivity index (χ1) is 15.6. The van der Waals surface area contributed by atoms with E-state index >= 15 is 0 Å². The minimum atomic E-state index is -1.05. The van der Waals surface area contributed by atoms with E-state index in [1.54, 1.807) is 0 Å². The molecule has 0 saturated carbocycles. The SMILES string of the molecule is CCc1cnc(N2CCC(n3nnc4cc(-c5ncc(C(=O)O)cn5)ccc43)CC2)nc1. The highest BCUT2D eigenvalue weighted by molar-refractivity contribution is 5.87. The number of anilines is 1. The quantitative estimate of drug-likeness (QED) is 0.509. The van der Waals surface area contributed by atoms with E-state index in [-0.39, 0.29) is 11.6 Å². The van der Waals surface area contributed by atoms with Crippen molar-refractivity contribution >= 4 is 23.0 Å². The van der Waals surface area contributed by atoms with E-state index in [4.69, 9.17) is 5.11 Å². The minimum Gasteiger partial charge on any atom is -0.478 e.